The van der Waals surface area contributed by atoms with Crippen molar-refractivity contribution in [1.29, 1.82) is 0 Å². The first-order chi connectivity index (χ1) is 10.1. The van der Waals surface area contributed by atoms with Gasteiger partial charge in [-0.05, 0) is 50.2 Å². The molecular weight excluding hydrogens is 262 g/mol. The number of aryl methyl sites for hydroxylation is 1. The number of para-hydroxylation sites is 1. The summed E-state index contributed by atoms with van der Waals surface area (Å²) >= 11 is 0. The Morgan fingerprint density at radius 1 is 1.33 bits per heavy atom. The molecule has 2 aromatic rings. The molecule has 1 aromatic heterocycles. The van der Waals surface area contributed by atoms with Crippen molar-refractivity contribution in [3.05, 3.63) is 35.6 Å². The third kappa shape index (κ3) is 2.49. The lowest BCUT2D eigenvalue weighted by Gasteiger charge is -2.41. The normalized spacial score (nSPS) is 27.9. The molecule has 2 N–H and O–H groups in total. The molecule has 1 aromatic carbocycles. The Kier molecular flexibility index (Phi) is 3.80. The van der Waals surface area contributed by atoms with Crippen molar-refractivity contribution in [1.82, 2.24) is 0 Å². The molecule has 0 spiro atoms. The number of benzene rings is 1. The summed E-state index contributed by atoms with van der Waals surface area (Å²) in [7, 11) is 1.78. The number of hydrogen-bond donors (Lipinski definition) is 1. The van der Waals surface area contributed by atoms with Crippen LogP contribution in [0.1, 0.15) is 50.0 Å². The Morgan fingerprint density at radius 3 is 2.67 bits per heavy atom. The third-order valence-electron chi connectivity index (χ3n) is 5.16. The summed E-state index contributed by atoms with van der Waals surface area (Å²) in [6.45, 7) is 4.37. The van der Waals surface area contributed by atoms with E-state index < -0.39 is 0 Å². The van der Waals surface area contributed by atoms with Gasteiger partial charge in [-0.3, -0.25) is 0 Å². The summed E-state index contributed by atoms with van der Waals surface area (Å²) in [4.78, 5) is 0. The molecule has 0 bridgehead atoms. The van der Waals surface area contributed by atoms with Crippen LogP contribution in [0.2, 0.25) is 0 Å². The van der Waals surface area contributed by atoms with Crippen LogP contribution < -0.4 is 5.73 Å². The number of furan rings is 1. The van der Waals surface area contributed by atoms with Crippen molar-refractivity contribution in [3.8, 4) is 0 Å². The lowest BCUT2D eigenvalue weighted by molar-refractivity contribution is -0.0709. The van der Waals surface area contributed by atoms with Gasteiger partial charge in [-0.2, -0.15) is 0 Å². The summed E-state index contributed by atoms with van der Waals surface area (Å²) in [5, 5.41) is 1.12. The molecule has 1 unspecified atom stereocenters. The zero-order valence-corrected chi connectivity index (χ0v) is 13.2. The van der Waals surface area contributed by atoms with Gasteiger partial charge in [0.25, 0.3) is 0 Å². The smallest absolute Gasteiger partial charge is 0.137 e. The predicted molar refractivity (Wildman–Crippen MR) is 85.3 cm³/mol. The number of fused-ring (bicyclic) bond motifs is 1. The van der Waals surface area contributed by atoms with Crippen LogP contribution in [0.5, 0.6) is 0 Å². The Hall–Kier alpha value is -1.32. The van der Waals surface area contributed by atoms with Gasteiger partial charge < -0.3 is 14.9 Å². The monoisotopic (exact) mass is 287 g/mol. The maximum Gasteiger partial charge on any atom is 0.137 e. The zero-order chi connectivity index (χ0) is 15.0. The number of nitrogens with two attached hydrogens (primary N) is 1. The second kappa shape index (κ2) is 5.47. The summed E-state index contributed by atoms with van der Waals surface area (Å²) in [6, 6.07) is 8.06. The molecule has 1 fully saturated rings. The minimum atomic E-state index is -0.283. The van der Waals surface area contributed by atoms with Crippen molar-refractivity contribution in [2.75, 3.05) is 7.11 Å². The topological polar surface area (TPSA) is 48.4 Å². The summed E-state index contributed by atoms with van der Waals surface area (Å²) in [5.74, 6) is 1.61. The molecule has 1 atom stereocenters. The van der Waals surface area contributed by atoms with Crippen LogP contribution in [-0.4, -0.2) is 12.7 Å². The minimum absolute atomic E-state index is 0.207. The average molecular weight is 287 g/mol. The molecule has 0 aliphatic heterocycles. The van der Waals surface area contributed by atoms with Crippen LogP contribution in [0.3, 0.4) is 0 Å². The van der Waals surface area contributed by atoms with E-state index in [1.807, 2.05) is 0 Å². The van der Waals surface area contributed by atoms with Crippen LogP contribution in [0.25, 0.3) is 11.0 Å². The van der Waals surface area contributed by atoms with E-state index in [9.17, 15) is 0 Å². The summed E-state index contributed by atoms with van der Waals surface area (Å²) < 4.78 is 11.9. The molecule has 1 heterocycles. The van der Waals surface area contributed by atoms with Crippen molar-refractivity contribution in [3.63, 3.8) is 0 Å². The Bertz CT molecular complexity index is 623. The van der Waals surface area contributed by atoms with Gasteiger partial charge in [0.2, 0.25) is 0 Å². The number of ether oxygens (including phenoxy) is 1. The highest BCUT2D eigenvalue weighted by atomic mass is 16.5. The highest BCUT2D eigenvalue weighted by molar-refractivity contribution is 5.81. The molecule has 0 amide bonds. The highest BCUT2D eigenvalue weighted by Gasteiger charge is 2.42. The van der Waals surface area contributed by atoms with Crippen LogP contribution in [0.4, 0.5) is 0 Å². The van der Waals surface area contributed by atoms with E-state index in [-0.39, 0.29) is 11.6 Å². The van der Waals surface area contributed by atoms with E-state index in [0.717, 1.165) is 41.1 Å². The first kappa shape index (κ1) is 14.6. The molecule has 114 valence electrons. The highest BCUT2D eigenvalue weighted by Crippen LogP contribution is 2.42. The molecule has 1 aliphatic carbocycles. The van der Waals surface area contributed by atoms with E-state index in [4.69, 9.17) is 14.9 Å². The fourth-order valence-electron chi connectivity index (χ4n) is 3.53. The van der Waals surface area contributed by atoms with Crippen molar-refractivity contribution >= 4 is 11.0 Å². The second-order valence-corrected chi connectivity index (χ2v) is 6.57. The van der Waals surface area contributed by atoms with Gasteiger partial charge in [-0.15, -0.1) is 0 Å². The van der Waals surface area contributed by atoms with E-state index >= 15 is 0 Å². The van der Waals surface area contributed by atoms with Gasteiger partial charge >= 0.3 is 0 Å². The van der Waals surface area contributed by atoms with Crippen LogP contribution in [0, 0.1) is 12.8 Å². The Morgan fingerprint density at radius 2 is 2.05 bits per heavy atom. The summed E-state index contributed by atoms with van der Waals surface area (Å²) in [5.41, 5.74) is 8.36. The van der Waals surface area contributed by atoms with Gasteiger partial charge in [0.1, 0.15) is 11.3 Å². The van der Waals surface area contributed by atoms with E-state index in [1.165, 1.54) is 12.8 Å². The standard InChI is InChI=1S/C18H25NO2/c1-12-7-9-18(20-3,10-8-12)17(19)15-11-14-6-4-5-13(2)16(14)21-15/h4-6,11-12,17H,7-10,19H2,1-3H3. The molecule has 3 nitrogen and oxygen atoms in total. The molecule has 3 heteroatoms. The first-order valence-electron chi connectivity index (χ1n) is 7.85. The van der Waals surface area contributed by atoms with Gasteiger partial charge in [-0.1, -0.05) is 25.1 Å². The largest absolute Gasteiger partial charge is 0.459 e. The van der Waals surface area contributed by atoms with Crippen molar-refractivity contribution in [2.24, 2.45) is 11.7 Å². The van der Waals surface area contributed by atoms with Crippen LogP contribution in [0.15, 0.2) is 28.7 Å². The molecular formula is C18H25NO2. The summed E-state index contributed by atoms with van der Waals surface area (Å²) in [6.07, 6.45) is 4.34. The number of rotatable bonds is 3. The predicted octanol–water partition coefficient (Wildman–Crippen LogP) is 4.34. The van der Waals surface area contributed by atoms with E-state index in [0.29, 0.717) is 0 Å². The third-order valence-corrected chi connectivity index (χ3v) is 5.16. The fourth-order valence-corrected chi connectivity index (χ4v) is 3.53. The quantitative estimate of drug-likeness (QED) is 0.913. The molecule has 1 saturated carbocycles. The van der Waals surface area contributed by atoms with Gasteiger partial charge in [0.15, 0.2) is 0 Å². The molecule has 3 rings (SSSR count). The Balaban J connectivity index is 1.95. The second-order valence-electron chi connectivity index (χ2n) is 6.57. The molecule has 0 radical (unpaired) electrons. The number of methoxy groups -OCH3 is 1. The maximum atomic E-state index is 6.56. The number of hydrogen-bond acceptors (Lipinski definition) is 3. The van der Waals surface area contributed by atoms with Gasteiger partial charge in [0, 0.05) is 12.5 Å². The lowest BCUT2D eigenvalue weighted by atomic mass is 9.75. The molecule has 21 heavy (non-hydrogen) atoms. The Labute approximate surface area is 126 Å². The van der Waals surface area contributed by atoms with Crippen molar-refractivity contribution in [2.45, 2.75) is 51.2 Å². The lowest BCUT2D eigenvalue weighted by Crippen LogP contribution is -2.45. The molecule has 1 aliphatic rings. The fraction of sp³-hybridized carbons (Fsp3) is 0.556. The van der Waals surface area contributed by atoms with Crippen molar-refractivity contribution < 1.29 is 9.15 Å². The van der Waals surface area contributed by atoms with Crippen LogP contribution in [-0.2, 0) is 4.74 Å². The minimum Gasteiger partial charge on any atom is -0.459 e. The van der Waals surface area contributed by atoms with Crippen LogP contribution >= 0.6 is 0 Å². The molecule has 0 saturated heterocycles. The SMILES string of the molecule is COC1(C(N)c2cc3cccc(C)c3o2)CCC(C)CC1. The maximum absolute atomic E-state index is 6.56. The van der Waals surface area contributed by atoms with Gasteiger partial charge in [-0.25, -0.2) is 0 Å². The van der Waals surface area contributed by atoms with Gasteiger partial charge in [0.05, 0.1) is 11.6 Å². The van der Waals surface area contributed by atoms with E-state index in [1.54, 1.807) is 7.11 Å². The average Bonchev–Trinajstić information content (AvgIpc) is 2.93. The van der Waals surface area contributed by atoms with E-state index in [2.05, 4.69) is 38.1 Å². The first-order valence-corrected chi connectivity index (χ1v) is 7.85. The zero-order valence-electron chi connectivity index (χ0n) is 13.2.